The molecule has 1 amide bonds. The van der Waals surface area contributed by atoms with Crippen LogP contribution in [0.1, 0.15) is 49.9 Å². The number of carbonyl (C=O) groups excluding carboxylic acids is 1. The summed E-state index contributed by atoms with van der Waals surface area (Å²) in [4.78, 5) is 12.4. The lowest BCUT2D eigenvalue weighted by atomic mass is 9.77. The van der Waals surface area contributed by atoms with Gasteiger partial charge in [0.25, 0.3) is 5.91 Å². The first-order chi connectivity index (χ1) is 10.5. The third-order valence-electron chi connectivity index (χ3n) is 5.04. The van der Waals surface area contributed by atoms with Gasteiger partial charge in [0.05, 0.1) is 5.52 Å². The van der Waals surface area contributed by atoms with Crippen LogP contribution in [0.5, 0.6) is 0 Å². The minimum atomic E-state index is -0.0291. The summed E-state index contributed by atoms with van der Waals surface area (Å²) in [7, 11) is 1.85. The van der Waals surface area contributed by atoms with Crippen molar-refractivity contribution in [3.8, 4) is 0 Å². The van der Waals surface area contributed by atoms with Crippen molar-refractivity contribution in [1.29, 1.82) is 0 Å². The van der Waals surface area contributed by atoms with Crippen LogP contribution in [0.3, 0.4) is 0 Å². The van der Waals surface area contributed by atoms with Crippen LogP contribution < -0.4 is 5.32 Å². The topological polar surface area (TPSA) is 59.8 Å². The number of nitrogens with zero attached hydrogens (tertiary/aromatic N) is 3. The molecule has 0 spiro atoms. The lowest BCUT2D eigenvalue weighted by Crippen LogP contribution is -2.37. The Labute approximate surface area is 131 Å². The zero-order chi connectivity index (χ0) is 15.7. The number of carbonyl (C=O) groups is 1. The lowest BCUT2D eigenvalue weighted by molar-refractivity contribution is 0.0918. The minimum absolute atomic E-state index is 0.0291. The fourth-order valence-electron chi connectivity index (χ4n) is 3.44. The lowest BCUT2D eigenvalue weighted by Gasteiger charge is -2.31. The number of hydrogen-bond donors (Lipinski definition) is 1. The van der Waals surface area contributed by atoms with E-state index >= 15 is 0 Å². The molecule has 1 aromatic heterocycles. The van der Waals surface area contributed by atoms with Crippen molar-refractivity contribution in [2.45, 2.75) is 39.5 Å². The molecular weight excluding hydrogens is 276 g/mol. The van der Waals surface area contributed by atoms with Gasteiger partial charge in [-0.1, -0.05) is 31.9 Å². The number of nitrogens with one attached hydrogen (secondary N) is 1. The van der Waals surface area contributed by atoms with E-state index in [1.165, 1.54) is 25.7 Å². The predicted molar refractivity (Wildman–Crippen MR) is 86.6 cm³/mol. The Balaban J connectivity index is 1.67. The van der Waals surface area contributed by atoms with E-state index in [0.717, 1.165) is 23.5 Å². The highest BCUT2D eigenvalue weighted by atomic mass is 16.1. The third kappa shape index (κ3) is 2.85. The molecular formula is C17H24N4O. The van der Waals surface area contributed by atoms with E-state index in [1.807, 2.05) is 19.2 Å². The van der Waals surface area contributed by atoms with Gasteiger partial charge < -0.3 is 5.32 Å². The Hall–Kier alpha value is -1.91. The van der Waals surface area contributed by atoms with Gasteiger partial charge in [0.1, 0.15) is 5.52 Å². The second kappa shape index (κ2) is 5.71. The summed E-state index contributed by atoms with van der Waals surface area (Å²) >= 11 is 0. The first-order valence-corrected chi connectivity index (χ1v) is 8.05. The Kier molecular flexibility index (Phi) is 3.89. The van der Waals surface area contributed by atoms with Gasteiger partial charge in [-0.05, 0) is 42.4 Å². The molecule has 1 aromatic carbocycles. The first kappa shape index (κ1) is 15.0. The van der Waals surface area contributed by atoms with Gasteiger partial charge in [0.2, 0.25) is 0 Å². The summed E-state index contributed by atoms with van der Waals surface area (Å²) in [5, 5.41) is 11.1. The summed E-state index contributed by atoms with van der Waals surface area (Å²) in [5.74, 6) is 0.689. The number of benzene rings is 1. The fraction of sp³-hybridized carbons (Fsp3) is 0.588. The number of aryl methyl sites for hydroxylation is 1. The molecule has 3 rings (SSSR count). The van der Waals surface area contributed by atoms with E-state index in [4.69, 9.17) is 0 Å². The molecule has 1 aliphatic carbocycles. The van der Waals surface area contributed by atoms with Crippen molar-refractivity contribution in [3.63, 3.8) is 0 Å². The van der Waals surface area contributed by atoms with Gasteiger partial charge >= 0.3 is 0 Å². The quantitative estimate of drug-likeness (QED) is 0.944. The second-order valence-corrected chi connectivity index (χ2v) is 7.07. The van der Waals surface area contributed by atoms with Crippen LogP contribution in [0.25, 0.3) is 11.0 Å². The molecule has 1 saturated carbocycles. The molecule has 0 saturated heterocycles. The van der Waals surface area contributed by atoms with Gasteiger partial charge in [0.15, 0.2) is 0 Å². The van der Waals surface area contributed by atoms with Crippen molar-refractivity contribution in [1.82, 2.24) is 20.3 Å². The molecule has 0 bridgehead atoms. The fourth-order valence-corrected chi connectivity index (χ4v) is 3.44. The Morgan fingerprint density at radius 1 is 1.36 bits per heavy atom. The zero-order valence-electron chi connectivity index (χ0n) is 13.6. The average Bonchev–Trinajstić information content (AvgIpc) is 3.15. The maximum atomic E-state index is 12.4. The number of hydrogen-bond acceptors (Lipinski definition) is 3. The molecule has 2 aromatic rings. The molecule has 1 fully saturated rings. The van der Waals surface area contributed by atoms with E-state index in [2.05, 4.69) is 29.5 Å². The Bertz CT molecular complexity index is 683. The van der Waals surface area contributed by atoms with Crippen molar-refractivity contribution < 1.29 is 4.79 Å². The van der Waals surface area contributed by atoms with Crippen LogP contribution in [-0.2, 0) is 7.05 Å². The van der Waals surface area contributed by atoms with Crippen LogP contribution in [0.15, 0.2) is 18.2 Å². The molecule has 118 valence electrons. The molecule has 5 nitrogen and oxygen atoms in total. The van der Waals surface area contributed by atoms with Crippen LogP contribution in [0.4, 0.5) is 0 Å². The predicted octanol–water partition coefficient (Wildman–Crippen LogP) is 2.91. The van der Waals surface area contributed by atoms with Crippen molar-refractivity contribution in [2.24, 2.45) is 18.4 Å². The van der Waals surface area contributed by atoms with E-state index in [1.54, 1.807) is 10.7 Å². The normalized spacial score (nSPS) is 16.3. The maximum Gasteiger partial charge on any atom is 0.251 e. The van der Waals surface area contributed by atoms with Gasteiger partial charge in [-0.3, -0.25) is 4.79 Å². The van der Waals surface area contributed by atoms with Gasteiger partial charge in [-0.25, -0.2) is 4.68 Å². The van der Waals surface area contributed by atoms with Crippen LogP contribution in [-0.4, -0.2) is 27.4 Å². The van der Waals surface area contributed by atoms with E-state index in [0.29, 0.717) is 5.56 Å². The zero-order valence-corrected chi connectivity index (χ0v) is 13.6. The molecule has 0 atom stereocenters. The SMILES string of the molecule is Cn1nnc2cc(C(=O)NCC(C)(C)C3CCCC3)ccc21. The van der Waals surface area contributed by atoms with Crippen molar-refractivity contribution in [3.05, 3.63) is 23.8 Å². The number of amides is 1. The molecule has 5 heteroatoms. The molecule has 1 heterocycles. The highest BCUT2D eigenvalue weighted by Gasteiger charge is 2.32. The minimum Gasteiger partial charge on any atom is -0.351 e. The van der Waals surface area contributed by atoms with Gasteiger partial charge in [-0.2, -0.15) is 0 Å². The number of fused-ring (bicyclic) bond motifs is 1. The van der Waals surface area contributed by atoms with E-state index < -0.39 is 0 Å². The van der Waals surface area contributed by atoms with E-state index in [-0.39, 0.29) is 11.3 Å². The smallest absolute Gasteiger partial charge is 0.251 e. The first-order valence-electron chi connectivity index (χ1n) is 8.05. The van der Waals surface area contributed by atoms with Crippen molar-refractivity contribution >= 4 is 16.9 Å². The average molecular weight is 300 g/mol. The molecule has 1 N–H and O–H groups in total. The molecule has 1 aliphatic rings. The summed E-state index contributed by atoms with van der Waals surface area (Å²) in [5.41, 5.74) is 2.49. The number of aromatic nitrogens is 3. The second-order valence-electron chi connectivity index (χ2n) is 7.07. The highest BCUT2D eigenvalue weighted by molar-refractivity contribution is 5.97. The molecule has 0 radical (unpaired) electrons. The Morgan fingerprint density at radius 3 is 2.82 bits per heavy atom. The summed E-state index contributed by atoms with van der Waals surface area (Å²) in [6.07, 6.45) is 5.22. The summed E-state index contributed by atoms with van der Waals surface area (Å²) < 4.78 is 1.71. The largest absolute Gasteiger partial charge is 0.351 e. The Morgan fingerprint density at radius 2 is 2.09 bits per heavy atom. The standard InChI is InChI=1S/C17H24N4O/c1-17(2,13-6-4-5-7-13)11-18-16(22)12-8-9-15-14(10-12)19-20-21(15)3/h8-10,13H,4-7,11H2,1-3H3,(H,18,22). The van der Waals surface area contributed by atoms with Crippen LogP contribution >= 0.6 is 0 Å². The van der Waals surface area contributed by atoms with E-state index in [9.17, 15) is 4.79 Å². The molecule has 0 unspecified atom stereocenters. The molecule has 22 heavy (non-hydrogen) atoms. The van der Waals surface area contributed by atoms with Gasteiger partial charge in [0, 0.05) is 19.2 Å². The number of rotatable bonds is 4. The van der Waals surface area contributed by atoms with Crippen LogP contribution in [0, 0.1) is 11.3 Å². The third-order valence-corrected chi connectivity index (χ3v) is 5.04. The highest BCUT2D eigenvalue weighted by Crippen LogP contribution is 2.39. The van der Waals surface area contributed by atoms with Crippen LogP contribution in [0.2, 0.25) is 0 Å². The van der Waals surface area contributed by atoms with Gasteiger partial charge in [-0.15, -0.1) is 5.10 Å². The molecule has 0 aliphatic heterocycles. The summed E-state index contributed by atoms with van der Waals surface area (Å²) in [6, 6.07) is 5.54. The van der Waals surface area contributed by atoms with Crippen molar-refractivity contribution in [2.75, 3.05) is 6.54 Å². The summed E-state index contributed by atoms with van der Waals surface area (Å²) in [6.45, 7) is 5.24. The maximum absolute atomic E-state index is 12.4. The monoisotopic (exact) mass is 300 g/mol.